The van der Waals surface area contributed by atoms with Gasteiger partial charge in [0.15, 0.2) is 14.1 Å². The number of aryl methyl sites for hydroxylation is 1. The van der Waals surface area contributed by atoms with Crippen molar-refractivity contribution in [3.8, 4) is 0 Å². The number of nitrogens with zero attached hydrogens (tertiary/aromatic N) is 1. The number of aromatic nitrogens is 2. The van der Waals surface area contributed by atoms with Gasteiger partial charge in [-0.05, 0) is 25.1 Å². The number of hydrogen-bond acceptors (Lipinski definition) is 6. The highest BCUT2D eigenvalue weighted by Gasteiger charge is 2.50. The van der Waals surface area contributed by atoms with Gasteiger partial charge in [0.05, 0.1) is 6.10 Å². The summed E-state index contributed by atoms with van der Waals surface area (Å²) in [7, 11) is -2.36. The first-order valence-corrected chi connectivity index (χ1v) is 13.2. The van der Waals surface area contributed by atoms with E-state index in [0.29, 0.717) is 5.56 Å². The number of hydrogen-bond donors (Lipinski definition) is 2. The molecule has 9 heteroatoms. The molecule has 0 amide bonds. The molecule has 8 nitrogen and oxygen atoms in total. The van der Waals surface area contributed by atoms with E-state index in [9.17, 15) is 19.5 Å². The molecule has 0 bridgehead atoms. The Hall–Kier alpha value is -1.55. The fraction of sp³-hybridized carbons (Fsp3) is 0.762. The maximum Gasteiger partial charge on any atom is 0.330 e. The third-order valence-electron chi connectivity index (χ3n) is 6.12. The summed E-state index contributed by atoms with van der Waals surface area (Å²) in [6, 6.07) is 0. The minimum absolute atomic E-state index is 0.116. The maximum atomic E-state index is 13.3. The van der Waals surface area contributed by atoms with E-state index in [1.807, 2.05) is 33.9 Å². The first kappa shape index (κ1) is 24.7. The number of rotatable bonds is 5. The van der Waals surface area contributed by atoms with E-state index in [1.54, 1.807) is 6.92 Å². The monoisotopic (exact) mass is 440 g/mol. The zero-order chi connectivity index (χ0) is 23.2. The molecular weight excluding hydrogens is 404 g/mol. The molecule has 0 saturated carbocycles. The quantitative estimate of drug-likeness (QED) is 0.681. The van der Waals surface area contributed by atoms with E-state index in [-0.39, 0.29) is 17.2 Å². The fourth-order valence-corrected chi connectivity index (χ4v) is 4.34. The van der Waals surface area contributed by atoms with Gasteiger partial charge in [0.25, 0.3) is 5.56 Å². The average Bonchev–Trinajstić information content (AvgIpc) is 2.95. The Morgan fingerprint density at radius 3 is 2.33 bits per heavy atom. The second kappa shape index (κ2) is 8.18. The average molecular weight is 441 g/mol. The predicted octanol–water partition coefficient (Wildman–Crippen LogP) is 2.50. The molecule has 1 aliphatic heterocycles. The first-order chi connectivity index (χ1) is 13.5. The van der Waals surface area contributed by atoms with Crippen molar-refractivity contribution in [3.63, 3.8) is 0 Å². The summed E-state index contributed by atoms with van der Waals surface area (Å²) >= 11 is 0. The summed E-state index contributed by atoms with van der Waals surface area (Å²) in [5, 5.41) is 10.7. The topological polar surface area (TPSA) is 111 Å². The Morgan fingerprint density at radius 1 is 1.27 bits per heavy atom. The SMILES string of the molecule is Cc1cn([C@H]2C[C@H](O)[C@@H]([C@@H](O[Si](C)(C)C(C)(C)C)C(=O)C(C)(C)C)O2)c(=O)[nH]c1=O. The number of aliphatic hydroxyl groups is 1. The van der Waals surface area contributed by atoms with Gasteiger partial charge in [0, 0.05) is 23.6 Å². The van der Waals surface area contributed by atoms with Gasteiger partial charge < -0.3 is 14.3 Å². The maximum absolute atomic E-state index is 13.3. The predicted molar refractivity (Wildman–Crippen MR) is 117 cm³/mol. The number of ketones is 1. The Balaban J connectivity index is 2.42. The number of ether oxygens (including phenoxy) is 1. The van der Waals surface area contributed by atoms with E-state index in [0.717, 1.165) is 0 Å². The number of carbonyl (C=O) groups excluding carboxylic acids is 1. The van der Waals surface area contributed by atoms with Crippen LogP contribution in [0.2, 0.25) is 18.1 Å². The van der Waals surface area contributed by atoms with E-state index in [4.69, 9.17) is 9.16 Å². The highest BCUT2D eigenvalue weighted by Crippen LogP contribution is 2.41. The summed E-state index contributed by atoms with van der Waals surface area (Å²) in [5.74, 6) is -0.151. The molecule has 170 valence electrons. The van der Waals surface area contributed by atoms with Crippen molar-refractivity contribution < 1.29 is 19.1 Å². The number of aromatic amines is 1. The summed E-state index contributed by atoms with van der Waals surface area (Å²) < 4.78 is 13.8. The Kier molecular flexibility index (Phi) is 6.74. The molecule has 2 heterocycles. The Bertz CT molecular complexity index is 906. The van der Waals surface area contributed by atoms with E-state index in [2.05, 4.69) is 25.8 Å². The van der Waals surface area contributed by atoms with Gasteiger partial charge in [-0.15, -0.1) is 0 Å². The van der Waals surface area contributed by atoms with Crippen molar-refractivity contribution in [1.82, 2.24) is 9.55 Å². The van der Waals surface area contributed by atoms with Crippen molar-refractivity contribution in [2.24, 2.45) is 5.41 Å². The summed E-state index contributed by atoms with van der Waals surface area (Å²) in [5.41, 5.74) is -1.42. The van der Waals surface area contributed by atoms with Crippen LogP contribution in [0.25, 0.3) is 0 Å². The zero-order valence-electron chi connectivity index (χ0n) is 19.5. The van der Waals surface area contributed by atoms with E-state index < -0.39 is 49.5 Å². The summed E-state index contributed by atoms with van der Waals surface area (Å²) in [6.07, 6.45) is -2.12. The van der Waals surface area contributed by atoms with Crippen molar-refractivity contribution in [3.05, 3.63) is 32.6 Å². The number of H-pyrrole nitrogens is 1. The van der Waals surface area contributed by atoms with Crippen molar-refractivity contribution >= 4 is 14.1 Å². The molecule has 1 aliphatic rings. The standard InChI is InChI=1S/C21H36N2O6Si/c1-12-11-23(19(27)22-18(12)26)14-10-13(24)15(28-14)16(17(25)20(2,3)4)29-30(8,9)21(5,6)7/h11,13-16,24H,10H2,1-9H3,(H,22,26,27)/t13-,14+,15-,16+/m0/s1. The van der Waals surface area contributed by atoms with Crippen LogP contribution in [0.3, 0.4) is 0 Å². The van der Waals surface area contributed by atoms with Gasteiger partial charge in [-0.1, -0.05) is 41.5 Å². The van der Waals surface area contributed by atoms with E-state index >= 15 is 0 Å². The molecule has 1 fully saturated rings. The second-order valence-corrected chi connectivity index (χ2v) is 15.5. The smallest absolute Gasteiger partial charge is 0.330 e. The van der Waals surface area contributed by atoms with Crippen LogP contribution in [0.1, 0.15) is 59.8 Å². The molecular formula is C21H36N2O6Si. The highest BCUT2D eigenvalue weighted by atomic mass is 28.4. The zero-order valence-corrected chi connectivity index (χ0v) is 20.5. The minimum atomic E-state index is -2.36. The lowest BCUT2D eigenvalue weighted by Crippen LogP contribution is -2.54. The van der Waals surface area contributed by atoms with E-state index in [1.165, 1.54) is 10.8 Å². The molecule has 1 aromatic heterocycles. The van der Waals surface area contributed by atoms with Crippen LogP contribution in [-0.4, -0.2) is 47.1 Å². The molecule has 0 aliphatic carbocycles. The molecule has 1 aromatic rings. The number of aliphatic hydroxyl groups excluding tert-OH is 1. The lowest BCUT2D eigenvalue weighted by Gasteiger charge is -2.41. The molecule has 2 N–H and O–H groups in total. The van der Waals surface area contributed by atoms with Crippen LogP contribution in [0.15, 0.2) is 15.8 Å². The highest BCUT2D eigenvalue weighted by molar-refractivity contribution is 6.74. The third kappa shape index (κ3) is 5.01. The summed E-state index contributed by atoms with van der Waals surface area (Å²) in [6.45, 7) is 17.3. The molecule has 0 spiro atoms. The number of nitrogens with one attached hydrogen (secondary N) is 1. The van der Waals surface area contributed by atoms with Crippen LogP contribution in [0.5, 0.6) is 0 Å². The second-order valence-electron chi connectivity index (χ2n) is 10.8. The first-order valence-electron chi connectivity index (χ1n) is 10.3. The van der Waals surface area contributed by atoms with Gasteiger partial charge in [0.1, 0.15) is 18.4 Å². The van der Waals surface area contributed by atoms with Gasteiger partial charge in [0.2, 0.25) is 0 Å². The van der Waals surface area contributed by atoms with Gasteiger partial charge >= 0.3 is 5.69 Å². The summed E-state index contributed by atoms with van der Waals surface area (Å²) in [4.78, 5) is 39.5. The van der Waals surface area contributed by atoms with Gasteiger partial charge in [-0.25, -0.2) is 4.79 Å². The lowest BCUT2D eigenvalue weighted by molar-refractivity contribution is -0.147. The Morgan fingerprint density at radius 2 is 1.83 bits per heavy atom. The van der Waals surface area contributed by atoms with Gasteiger partial charge in [-0.2, -0.15) is 0 Å². The number of Topliss-reactive ketones (excluding diaryl/α,β-unsaturated/α-hetero) is 1. The normalized spacial score (nSPS) is 24.1. The third-order valence-corrected chi connectivity index (χ3v) is 10.6. The van der Waals surface area contributed by atoms with Gasteiger partial charge in [-0.3, -0.25) is 19.1 Å². The lowest BCUT2D eigenvalue weighted by atomic mass is 9.85. The largest absolute Gasteiger partial charge is 0.404 e. The van der Waals surface area contributed by atoms with Crippen molar-refractivity contribution in [2.45, 2.75) is 97.6 Å². The molecule has 0 unspecified atom stereocenters. The molecule has 2 rings (SSSR count). The fourth-order valence-electron chi connectivity index (χ4n) is 3.11. The minimum Gasteiger partial charge on any atom is -0.404 e. The van der Waals surface area contributed by atoms with Crippen molar-refractivity contribution in [2.75, 3.05) is 0 Å². The van der Waals surface area contributed by atoms with Crippen LogP contribution in [0, 0.1) is 12.3 Å². The molecule has 0 radical (unpaired) electrons. The Labute approximate surface area is 178 Å². The molecule has 30 heavy (non-hydrogen) atoms. The van der Waals surface area contributed by atoms with Crippen LogP contribution >= 0.6 is 0 Å². The number of carbonyl (C=O) groups is 1. The van der Waals surface area contributed by atoms with Crippen LogP contribution in [0.4, 0.5) is 0 Å². The molecule has 4 atom stereocenters. The molecule has 1 saturated heterocycles. The van der Waals surface area contributed by atoms with Crippen LogP contribution < -0.4 is 11.2 Å². The van der Waals surface area contributed by atoms with Crippen molar-refractivity contribution in [1.29, 1.82) is 0 Å². The van der Waals surface area contributed by atoms with Crippen LogP contribution in [-0.2, 0) is 14.0 Å². The molecule has 0 aromatic carbocycles.